The number of carbonyl (C=O) groups is 1. The number of likely N-dealkylation sites (N-methyl/N-ethyl adjacent to an activating group) is 1. The van der Waals surface area contributed by atoms with Crippen molar-refractivity contribution in [2.45, 2.75) is 0 Å². The number of aromatic nitrogens is 3. The van der Waals surface area contributed by atoms with Crippen LogP contribution in [0.4, 0.5) is 5.82 Å². The number of fused-ring (bicyclic) bond motifs is 1. The fourth-order valence-corrected chi connectivity index (χ4v) is 3.31. The second-order valence-electron chi connectivity index (χ2n) is 7.62. The summed E-state index contributed by atoms with van der Waals surface area (Å²) < 4.78 is 13.1. The summed E-state index contributed by atoms with van der Waals surface area (Å²) in [5.74, 6) is 1.44. The number of hydrogen-bond donors (Lipinski definition) is 1. The molecule has 1 aromatic carbocycles. The number of amides is 1. The molecular formula is C22H28N6O3. The van der Waals surface area contributed by atoms with E-state index in [2.05, 4.69) is 20.3 Å². The number of benzene rings is 1. The van der Waals surface area contributed by atoms with E-state index < -0.39 is 0 Å². The quantitative estimate of drug-likeness (QED) is 0.588. The lowest BCUT2D eigenvalue weighted by Gasteiger charge is -2.26. The molecule has 1 aliphatic rings. The van der Waals surface area contributed by atoms with Gasteiger partial charge in [0.2, 0.25) is 5.91 Å². The zero-order valence-electron chi connectivity index (χ0n) is 18.0. The number of carbonyl (C=O) groups excluding carboxylic acids is 1. The van der Waals surface area contributed by atoms with Crippen LogP contribution in [0.1, 0.15) is 0 Å². The molecule has 31 heavy (non-hydrogen) atoms. The van der Waals surface area contributed by atoms with Gasteiger partial charge in [-0.2, -0.15) is 5.10 Å². The third-order valence-electron chi connectivity index (χ3n) is 5.15. The Labute approximate surface area is 181 Å². The molecule has 1 N–H and O–H groups in total. The van der Waals surface area contributed by atoms with Crippen LogP contribution in [-0.2, 0) is 9.53 Å². The van der Waals surface area contributed by atoms with Gasteiger partial charge in [0.15, 0.2) is 5.65 Å². The van der Waals surface area contributed by atoms with Gasteiger partial charge in [0.25, 0.3) is 0 Å². The van der Waals surface area contributed by atoms with Gasteiger partial charge in [0.05, 0.1) is 25.5 Å². The second-order valence-corrected chi connectivity index (χ2v) is 7.62. The van der Waals surface area contributed by atoms with Crippen LogP contribution >= 0.6 is 0 Å². The van der Waals surface area contributed by atoms with Crippen molar-refractivity contribution >= 4 is 17.4 Å². The summed E-state index contributed by atoms with van der Waals surface area (Å²) in [6, 6.07) is 11.7. The number of morpholine rings is 1. The molecule has 1 amide bonds. The van der Waals surface area contributed by atoms with Gasteiger partial charge in [-0.3, -0.25) is 9.69 Å². The maximum absolute atomic E-state index is 11.8. The van der Waals surface area contributed by atoms with E-state index in [9.17, 15) is 4.79 Å². The monoisotopic (exact) mass is 424 g/mol. The highest BCUT2D eigenvalue weighted by Gasteiger charge is 2.11. The largest absolute Gasteiger partial charge is 0.492 e. The third kappa shape index (κ3) is 5.50. The first-order valence-electron chi connectivity index (χ1n) is 10.4. The summed E-state index contributed by atoms with van der Waals surface area (Å²) >= 11 is 0. The average Bonchev–Trinajstić information content (AvgIpc) is 3.22. The average molecular weight is 425 g/mol. The first-order chi connectivity index (χ1) is 15.1. The molecule has 3 aromatic rings. The number of ether oxygens (including phenoxy) is 2. The maximum Gasteiger partial charge on any atom is 0.241 e. The molecule has 4 rings (SSSR count). The van der Waals surface area contributed by atoms with Gasteiger partial charge >= 0.3 is 0 Å². The van der Waals surface area contributed by atoms with Crippen molar-refractivity contribution in [2.75, 3.05) is 65.4 Å². The highest BCUT2D eigenvalue weighted by Crippen LogP contribution is 2.24. The van der Waals surface area contributed by atoms with E-state index in [0.29, 0.717) is 18.1 Å². The molecule has 0 atom stereocenters. The van der Waals surface area contributed by atoms with Gasteiger partial charge in [0, 0.05) is 51.6 Å². The van der Waals surface area contributed by atoms with Crippen LogP contribution in [0, 0.1) is 0 Å². The summed E-state index contributed by atoms with van der Waals surface area (Å²) in [6.45, 7) is 5.21. The van der Waals surface area contributed by atoms with Crippen molar-refractivity contribution in [3.63, 3.8) is 0 Å². The van der Waals surface area contributed by atoms with E-state index in [0.717, 1.165) is 49.9 Å². The normalized spacial score (nSPS) is 14.5. The lowest BCUT2D eigenvalue weighted by atomic mass is 10.1. The van der Waals surface area contributed by atoms with E-state index in [1.165, 1.54) is 0 Å². The van der Waals surface area contributed by atoms with E-state index in [1.807, 2.05) is 36.5 Å². The minimum absolute atomic E-state index is 0.0127. The van der Waals surface area contributed by atoms with Gasteiger partial charge in [-0.15, -0.1) is 0 Å². The molecule has 0 spiro atoms. The molecule has 1 fully saturated rings. The fourth-order valence-electron chi connectivity index (χ4n) is 3.31. The fraction of sp³-hybridized carbons (Fsp3) is 0.409. The summed E-state index contributed by atoms with van der Waals surface area (Å²) in [7, 11) is 3.45. The Morgan fingerprint density at radius 3 is 2.87 bits per heavy atom. The molecule has 3 heterocycles. The maximum atomic E-state index is 11.8. The molecule has 0 radical (unpaired) electrons. The molecule has 9 nitrogen and oxygen atoms in total. The van der Waals surface area contributed by atoms with Crippen molar-refractivity contribution in [1.82, 2.24) is 24.4 Å². The van der Waals surface area contributed by atoms with E-state index in [1.54, 1.807) is 29.6 Å². The lowest BCUT2D eigenvalue weighted by Crippen LogP contribution is -2.38. The van der Waals surface area contributed by atoms with Crippen molar-refractivity contribution in [2.24, 2.45) is 0 Å². The number of anilines is 1. The molecule has 1 saturated heterocycles. The molecule has 0 bridgehead atoms. The Hall–Kier alpha value is -3.17. The highest BCUT2D eigenvalue weighted by molar-refractivity contribution is 5.80. The number of nitrogens with one attached hydrogen (secondary N) is 1. The molecular weight excluding hydrogens is 396 g/mol. The number of rotatable bonds is 8. The van der Waals surface area contributed by atoms with Crippen molar-refractivity contribution in [1.29, 1.82) is 0 Å². The zero-order chi connectivity index (χ0) is 21.6. The minimum Gasteiger partial charge on any atom is -0.492 e. The Morgan fingerprint density at radius 2 is 2.06 bits per heavy atom. The first kappa shape index (κ1) is 21.1. The summed E-state index contributed by atoms with van der Waals surface area (Å²) in [6.07, 6.45) is 1.83. The SMILES string of the molecule is CN(C)C(=O)CNc1ccn2nc(-c3cccc(OCCN4CCOCC4)c3)cc2n1. The van der Waals surface area contributed by atoms with Crippen LogP contribution in [-0.4, -0.2) is 90.4 Å². The van der Waals surface area contributed by atoms with Gasteiger partial charge in [-0.25, -0.2) is 9.50 Å². The lowest BCUT2D eigenvalue weighted by molar-refractivity contribution is -0.126. The zero-order valence-corrected chi connectivity index (χ0v) is 18.0. The first-order valence-corrected chi connectivity index (χ1v) is 10.4. The molecule has 2 aromatic heterocycles. The Morgan fingerprint density at radius 1 is 1.23 bits per heavy atom. The topological polar surface area (TPSA) is 84.2 Å². The van der Waals surface area contributed by atoms with Crippen molar-refractivity contribution < 1.29 is 14.3 Å². The van der Waals surface area contributed by atoms with E-state index in [-0.39, 0.29) is 12.5 Å². The minimum atomic E-state index is -0.0127. The predicted molar refractivity (Wildman–Crippen MR) is 118 cm³/mol. The van der Waals surface area contributed by atoms with Crippen molar-refractivity contribution in [3.05, 3.63) is 42.6 Å². The van der Waals surface area contributed by atoms with Crippen LogP contribution in [0.2, 0.25) is 0 Å². The summed E-state index contributed by atoms with van der Waals surface area (Å²) in [4.78, 5) is 20.2. The van der Waals surface area contributed by atoms with E-state index >= 15 is 0 Å². The van der Waals surface area contributed by atoms with Gasteiger partial charge < -0.3 is 19.7 Å². The smallest absolute Gasteiger partial charge is 0.241 e. The Bertz CT molecular complexity index is 1030. The predicted octanol–water partition coefficient (Wildman–Crippen LogP) is 1.61. The van der Waals surface area contributed by atoms with Crippen molar-refractivity contribution in [3.8, 4) is 17.0 Å². The van der Waals surface area contributed by atoms with Crippen LogP contribution in [0.5, 0.6) is 5.75 Å². The molecule has 9 heteroatoms. The molecule has 0 saturated carbocycles. The third-order valence-corrected chi connectivity index (χ3v) is 5.15. The van der Waals surface area contributed by atoms with Gasteiger partial charge in [-0.1, -0.05) is 12.1 Å². The molecule has 164 valence electrons. The van der Waals surface area contributed by atoms with Crippen LogP contribution in [0.15, 0.2) is 42.6 Å². The standard InChI is InChI=1S/C22H28N6O3/c1-26(2)22(29)16-23-20-6-7-28-21(24-20)15-19(25-28)17-4-3-5-18(14-17)31-13-10-27-8-11-30-12-9-27/h3-7,14-15H,8-13,16H2,1-2H3,(H,23,24). The molecule has 1 aliphatic heterocycles. The molecule has 0 unspecified atom stereocenters. The summed E-state index contributed by atoms with van der Waals surface area (Å²) in [5.41, 5.74) is 2.48. The van der Waals surface area contributed by atoms with Crippen LogP contribution in [0.25, 0.3) is 16.9 Å². The van der Waals surface area contributed by atoms with Gasteiger partial charge in [-0.05, 0) is 18.2 Å². The van der Waals surface area contributed by atoms with E-state index in [4.69, 9.17) is 9.47 Å². The highest BCUT2D eigenvalue weighted by atomic mass is 16.5. The Balaban J connectivity index is 1.40. The number of nitrogens with zero attached hydrogens (tertiary/aromatic N) is 5. The van der Waals surface area contributed by atoms with Crippen LogP contribution in [0.3, 0.4) is 0 Å². The summed E-state index contributed by atoms with van der Waals surface area (Å²) in [5, 5.41) is 7.67. The second kappa shape index (κ2) is 9.76. The van der Waals surface area contributed by atoms with Gasteiger partial charge in [0.1, 0.15) is 18.2 Å². The van der Waals surface area contributed by atoms with Crippen LogP contribution < -0.4 is 10.1 Å². The molecule has 0 aliphatic carbocycles. The Kier molecular flexibility index (Phi) is 6.63. The number of hydrogen-bond acceptors (Lipinski definition) is 7.